The van der Waals surface area contributed by atoms with E-state index in [0.717, 1.165) is 22.2 Å². The molecule has 1 aromatic heterocycles. The molecule has 0 unspecified atom stereocenters. The van der Waals surface area contributed by atoms with E-state index in [2.05, 4.69) is 26.2 Å². The molecule has 0 fully saturated rings. The maximum absolute atomic E-state index is 12.2. The summed E-state index contributed by atoms with van der Waals surface area (Å²) < 4.78 is 6.18. The monoisotopic (exact) mass is 318 g/mol. The fourth-order valence-electron chi connectivity index (χ4n) is 2.00. The molecule has 0 saturated heterocycles. The zero-order valence-corrected chi connectivity index (χ0v) is 11.6. The molecule has 0 radical (unpaired) electrons. The first-order valence-electron chi connectivity index (χ1n) is 5.90. The number of hydrogen-bond donors (Lipinski definition) is 1. The molecule has 3 rings (SSSR count). The first-order valence-corrected chi connectivity index (χ1v) is 6.70. The Balaban J connectivity index is 1.83. The maximum Gasteiger partial charge on any atom is 0.255 e. The zero-order valence-electron chi connectivity index (χ0n) is 10.0. The number of benzene rings is 1. The van der Waals surface area contributed by atoms with Gasteiger partial charge in [0.05, 0.1) is 16.8 Å². The van der Waals surface area contributed by atoms with Crippen molar-refractivity contribution in [1.29, 1.82) is 0 Å². The number of hydrogen-bond acceptors (Lipinski definition) is 3. The molecule has 1 amide bonds. The molecule has 1 aliphatic heterocycles. The van der Waals surface area contributed by atoms with Crippen molar-refractivity contribution < 1.29 is 9.53 Å². The lowest BCUT2D eigenvalue weighted by molar-refractivity contribution is 0.102. The summed E-state index contributed by atoms with van der Waals surface area (Å²) in [7, 11) is 0. The van der Waals surface area contributed by atoms with E-state index in [1.165, 1.54) is 0 Å². The van der Waals surface area contributed by atoms with Gasteiger partial charge in [-0.2, -0.15) is 0 Å². The Bertz CT molecular complexity index is 643. The molecule has 2 heterocycles. The zero-order chi connectivity index (χ0) is 13.2. The summed E-state index contributed by atoms with van der Waals surface area (Å²) in [5.74, 6) is 0.739. The van der Waals surface area contributed by atoms with Crippen LogP contribution in [-0.2, 0) is 6.42 Å². The number of nitrogens with zero attached hydrogens (tertiary/aromatic N) is 1. The Labute approximate surface area is 118 Å². The van der Waals surface area contributed by atoms with Gasteiger partial charge in [-0.15, -0.1) is 0 Å². The minimum atomic E-state index is -0.137. The molecule has 4 nitrogen and oxygen atoms in total. The number of nitrogens with one attached hydrogen (secondary N) is 1. The highest BCUT2D eigenvalue weighted by Gasteiger charge is 2.15. The van der Waals surface area contributed by atoms with Crippen LogP contribution in [0.3, 0.4) is 0 Å². The molecule has 0 saturated carbocycles. The molecule has 1 N–H and O–H groups in total. The largest absolute Gasteiger partial charge is 0.493 e. The SMILES string of the molecule is O=C(Nc1ccncc1Br)c1ccc2c(c1)CCO2. The van der Waals surface area contributed by atoms with Gasteiger partial charge in [-0.05, 0) is 45.8 Å². The number of aromatic nitrogens is 1. The lowest BCUT2D eigenvalue weighted by Gasteiger charge is -2.07. The number of halogens is 1. The van der Waals surface area contributed by atoms with Crippen LogP contribution in [0.2, 0.25) is 0 Å². The highest BCUT2D eigenvalue weighted by molar-refractivity contribution is 9.10. The van der Waals surface area contributed by atoms with E-state index in [0.29, 0.717) is 17.9 Å². The first-order chi connectivity index (χ1) is 9.24. The van der Waals surface area contributed by atoms with Gasteiger partial charge in [-0.3, -0.25) is 9.78 Å². The van der Waals surface area contributed by atoms with Crippen LogP contribution in [-0.4, -0.2) is 17.5 Å². The van der Waals surface area contributed by atoms with Crippen molar-refractivity contribution in [3.8, 4) is 5.75 Å². The van der Waals surface area contributed by atoms with Crippen molar-refractivity contribution in [2.24, 2.45) is 0 Å². The standard InChI is InChI=1S/C14H11BrN2O2/c15-11-8-16-5-3-12(11)17-14(18)10-1-2-13-9(7-10)4-6-19-13/h1-3,5,7-8H,4,6H2,(H,16,17,18). The van der Waals surface area contributed by atoms with E-state index in [1.807, 2.05) is 12.1 Å². The molecular formula is C14H11BrN2O2. The van der Waals surface area contributed by atoms with Crippen molar-refractivity contribution in [2.75, 3.05) is 11.9 Å². The van der Waals surface area contributed by atoms with Gasteiger partial charge in [-0.25, -0.2) is 0 Å². The molecule has 0 atom stereocenters. The summed E-state index contributed by atoms with van der Waals surface area (Å²) >= 11 is 3.35. The average molecular weight is 319 g/mol. The van der Waals surface area contributed by atoms with Gasteiger partial charge in [-0.1, -0.05) is 0 Å². The van der Waals surface area contributed by atoms with E-state index < -0.39 is 0 Å². The molecule has 2 aromatic rings. The van der Waals surface area contributed by atoms with Gasteiger partial charge in [0.15, 0.2) is 0 Å². The van der Waals surface area contributed by atoms with Crippen LogP contribution in [0.4, 0.5) is 5.69 Å². The lowest BCUT2D eigenvalue weighted by Crippen LogP contribution is -2.12. The minimum absolute atomic E-state index is 0.137. The molecule has 96 valence electrons. The Hall–Kier alpha value is -1.88. The van der Waals surface area contributed by atoms with Gasteiger partial charge in [0.25, 0.3) is 5.91 Å². The topological polar surface area (TPSA) is 51.2 Å². The van der Waals surface area contributed by atoms with E-state index in [-0.39, 0.29) is 5.91 Å². The second kappa shape index (κ2) is 5.01. The van der Waals surface area contributed by atoms with Crippen molar-refractivity contribution >= 4 is 27.5 Å². The van der Waals surface area contributed by atoms with Gasteiger partial charge in [0.1, 0.15) is 5.75 Å². The number of ether oxygens (including phenoxy) is 1. The Morgan fingerprint density at radius 2 is 2.26 bits per heavy atom. The summed E-state index contributed by atoms with van der Waals surface area (Å²) in [6, 6.07) is 7.25. The fourth-order valence-corrected chi connectivity index (χ4v) is 2.35. The molecule has 1 aliphatic rings. The van der Waals surface area contributed by atoms with E-state index in [4.69, 9.17) is 4.74 Å². The van der Waals surface area contributed by atoms with Crippen LogP contribution >= 0.6 is 15.9 Å². The normalized spacial score (nSPS) is 12.7. The van der Waals surface area contributed by atoms with E-state index in [9.17, 15) is 4.79 Å². The Morgan fingerprint density at radius 1 is 1.37 bits per heavy atom. The third kappa shape index (κ3) is 2.46. The number of carbonyl (C=O) groups excluding carboxylic acids is 1. The third-order valence-corrected chi connectivity index (χ3v) is 3.60. The molecule has 5 heteroatoms. The average Bonchev–Trinajstić information content (AvgIpc) is 2.88. The maximum atomic E-state index is 12.2. The van der Waals surface area contributed by atoms with Crippen molar-refractivity contribution in [2.45, 2.75) is 6.42 Å². The number of amides is 1. The number of pyridine rings is 1. The highest BCUT2D eigenvalue weighted by Crippen LogP contribution is 2.27. The number of anilines is 1. The van der Waals surface area contributed by atoms with Crippen LogP contribution in [0, 0.1) is 0 Å². The van der Waals surface area contributed by atoms with Crippen LogP contribution in [0.5, 0.6) is 5.75 Å². The van der Waals surface area contributed by atoms with Gasteiger partial charge in [0, 0.05) is 24.4 Å². The number of rotatable bonds is 2. The predicted octanol–water partition coefficient (Wildman–Crippen LogP) is 3.03. The summed E-state index contributed by atoms with van der Waals surface area (Å²) in [6.45, 7) is 0.691. The summed E-state index contributed by atoms with van der Waals surface area (Å²) in [6.07, 6.45) is 4.14. The first kappa shape index (κ1) is 12.2. The van der Waals surface area contributed by atoms with Crippen molar-refractivity contribution in [1.82, 2.24) is 4.98 Å². The van der Waals surface area contributed by atoms with Gasteiger partial charge < -0.3 is 10.1 Å². The molecular weight excluding hydrogens is 308 g/mol. The fraction of sp³-hybridized carbons (Fsp3) is 0.143. The summed E-state index contributed by atoms with van der Waals surface area (Å²) in [5.41, 5.74) is 2.42. The highest BCUT2D eigenvalue weighted by atomic mass is 79.9. The minimum Gasteiger partial charge on any atom is -0.493 e. The van der Waals surface area contributed by atoms with E-state index in [1.54, 1.807) is 24.5 Å². The van der Waals surface area contributed by atoms with Crippen LogP contribution < -0.4 is 10.1 Å². The van der Waals surface area contributed by atoms with Crippen LogP contribution in [0.25, 0.3) is 0 Å². The van der Waals surface area contributed by atoms with E-state index >= 15 is 0 Å². The van der Waals surface area contributed by atoms with Crippen LogP contribution in [0.15, 0.2) is 41.1 Å². The summed E-state index contributed by atoms with van der Waals surface area (Å²) in [5, 5.41) is 2.85. The van der Waals surface area contributed by atoms with Crippen LogP contribution in [0.1, 0.15) is 15.9 Å². The second-order valence-corrected chi connectivity index (χ2v) is 5.08. The quantitative estimate of drug-likeness (QED) is 0.926. The lowest BCUT2D eigenvalue weighted by atomic mass is 10.1. The molecule has 0 bridgehead atoms. The molecule has 0 spiro atoms. The van der Waals surface area contributed by atoms with Crippen molar-refractivity contribution in [3.05, 3.63) is 52.3 Å². The number of carbonyl (C=O) groups is 1. The van der Waals surface area contributed by atoms with Gasteiger partial charge >= 0.3 is 0 Å². The molecule has 0 aliphatic carbocycles. The Kier molecular flexibility index (Phi) is 3.21. The molecule has 19 heavy (non-hydrogen) atoms. The number of fused-ring (bicyclic) bond motifs is 1. The van der Waals surface area contributed by atoms with Gasteiger partial charge in [0.2, 0.25) is 0 Å². The molecule has 1 aromatic carbocycles. The summed E-state index contributed by atoms with van der Waals surface area (Å²) in [4.78, 5) is 16.1. The third-order valence-electron chi connectivity index (χ3n) is 2.97. The smallest absolute Gasteiger partial charge is 0.255 e. The second-order valence-electron chi connectivity index (χ2n) is 4.23. The van der Waals surface area contributed by atoms with Crippen molar-refractivity contribution in [3.63, 3.8) is 0 Å². The predicted molar refractivity (Wildman–Crippen MR) is 75.5 cm³/mol. The Morgan fingerprint density at radius 3 is 3.11 bits per heavy atom.